The molecule has 4 aromatic carbocycles. The van der Waals surface area contributed by atoms with E-state index in [4.69, 9.17) is 18.9 Å². The third-order valence-electron chi connectivity index (χ3n) is 7.33. The van der Waals surface area contributed by atoms with E-state index in [1.165, 1.54) is 13.0 Å². The fraction of sp³-hybridized carbons (Fsp3) is 0.308. The molecule has 0 bridgehead atoms. The lowest BCUT2D eigenvalue weighted by atomic mass is 9.80. The third kappa shape index (κ3) is 9.84. The first kappa shape index (κ1) is 37.2. The van der Waals surface area contributed by atoms with Gasteiger partial charge in [-0.3, -0.25) is 9.59 Å². The number of ether oxygens (including phenoxy) is 4. The summed E-state index contributed by atoms with van der Waals surface area (Å²) in [6.45, 7) is 8.89. The van der Waals surface area contributed by atoms with Crippen molar-refractivity contribution in [3.63, 3.8) is 0 Å². The number of Topliss-reactive ketones (excluding diaryl/α,β-unsaturated/α-hetero) is 1. The van der Waals surface area contributed by atoms with Crippen LogP contribution in [0, 0.1) is 5.92 Å². The highest BCUT2D eigenvalue weighted by Gasteiger charge is 2.39. The van der Waals surface area contributed by atoms with Gasteiger partial charge in [0.25, 0.3) is 0 Å². The lowest BCUT2D eigenvalue weighted by Gasteiger charge is -2.25. The first-order valence-electron chi connectivity index (χ1n) is 16.0. The Morgan fingerprint density at radius 2 is 1.04 bits per heavy atom. The van der Waals surface area contributed by atoms with Gasteiger partial charge in [0.05, 0.1) is 26.4 Å². The van der Waals surface area contributed by atoms with Gasteiger partial charge in [0, 0.05) is 12.3 Å². The fourth-order valence-electron chi connectivity index (χ4n) is 5.33. The molecule has 9 heteroatoms. The largest absolute Gasteiger partial charge is 0.465 e. The molecule has 4 aromatic rings. The minimum atomic E-state index is -1.18. The number of carbonyl (C=O) groups excluding carboxylic acids is 5. The van der Waals surface area contributed by atoms with Gasteiger partial charge in [-0.15, -0.1) is 0 Å². The number of carbonyl (C=O) groups is 5. The monoisotopic (exact) mass is 654 g/mol. The first-order valence-corrected chi connectivity index (χ1v) is 16.0. The normalized spacial score (nSPS) is 11.1. The molecule has 0 aliphatic rings. The predicted octanol–water partition coefficient (Wildman–Crippen LogP) is 6.99. The van der Waals surface area contributed by atoms with Crippen LogP contribution < -0.4 is 0 Å². The molecule has 0 heterocycles. The number of benzene rings is 4. The zero-order chi connectivity index (χ0) is 35.1. The van der Waals surface area contributed by atoms with Gasteiger partial charge < -0.3 is 23.7 Å². The average Bonchev–Trinajstić information content (AvgIpc) is 3.07. The highest BCUT2D eigenvalue weighted by Crippen LogP contribution is 2.35. The highest BCUT2D eigenvalue weighted by atomic mass is 16.6. The Morgan fingerprint density at radius 1 is 0.583 bits per heavy atom. The molecule has 48 heavy (non-hydrogen) atoms. The van der Waals surface area contributed by atoms with Gasteiger partial charge in [-0.05, 0) is 73.4 Å². The Morgan fingerprint density at radius 3 is 1.56 bits per heavy atom. The zero-order valence-corrected chi connectivity index (χ0v) is 28.0. The topological polar surface area (TPSA) is 122 Å². The lowest BCUT2D eigenvalue weighted by molar-refractivity contribution is -0.163. The van der Waals surface area contributed by atoms with Crippen LogP contribution >= 0.6 is 0 Å². The van der Waals surface area contributed by atoms with E-state index in [1.807, 2.05) is 84.9 Å². The quantitative estimate of drug-likeness (QED) is 0.0493. The minimum absolute atomic E-state index is 0.0519. The first-order chi connectivity index (χ1) is 23.2. The average molecular weight is 655 g/mol. The standard InChI is InChI=1S/C21H24O5.C18H18O4/c1-4-25-20(23)19(21(24)26-5-2)18(13-14(3)22)17-12-8-10-15-9-6-7-11-16(15)17;1-3-21-17(19)16(18(20)22-4-2)12-14-10-7-9-13-8-5-6-11-15(13)14/h6-12,18-19H,4-5,13H2,1-3H3;5-12H,3-4H2,1-2H3. The maximum atomic E-state index is 12.6. The van der Waals surface area contributed by atoms with Crippen molar-refractivity contribution < 1.29 is 42.9 Å². The van der Waals surface area contributed by atoms with E-state index in [2.05, 4.69) is 0 Å². The van der Waals surface area contributed by atoms with Crippen molar-refractivity contribution in [1.82, 2.24) is 0 Å². The molecule has 0 aromatic heterocycles. The van der Waals surface area contributed by atoms with Crippen LogP contribution in [0.15, 0.2) is 90.5 Å². The lowest BCUT2D eigenvalue weighted by Crippen LogP contribution is -2.34. The Bertz CT molecular complexity index is 1720. The van der Waals surface area contributed by atoms with Crippen molar-refractivity contribution in [2.45, 2.75) is 47.0 Å². The molecule has 252 valence electrons. The van der Waals surface area contributed by atoms with Crippen LogP contribution in [-0.2, 0) is 42.9 Å². The second-order valence-corrected chi connectivity index (χ2v) is 10.6. The summed E-state index contributed by atoms with van der Waals surface area (Å²) in [7, 11) is 0. The Labute approximate surface area is 280 Å². The molecule has 0 saturated carbocycles. The molecule has 0 spiro atoms. The maximum absolute atomic E-state index is 12.6. The Kier molecular flexibility index (Phi) is 14.5. The van der Waals surface area contributed by atoms with Gasteiger partial charge in [0.15, 0.2) is 5.92 Å². The van der Waals surface area contributed by atoms with E-state index >= 15 is 0 Å². The third-order valence-corrected chi connectivity index (χ3v) is 7.33. The molecule has 9 nitrogen and oxygen atoms in total. The van der Waals surface area contributed by atoms with E-state index in [0.717, 1.165) is 32.7 Å². The molecule has 0 amide bonds. The van der Waals surface area contributed by atoms with Gasteiger partial charge in [-0.25, -0.2) is 9.59 Å². The highest BCUT2D eigenvalue weighted by molar-refractivity contribution is 6.18. The molecule has 0 aliphatic carbocycles. The van der Waals surface area contributed by atoms with Crippen LogP contribution in [-0.4, -0.2) is 56.1 Å². The fourth-order valence-corrected chi connectivity index (χ4v) is 5.33. The van der Waals surface area contributed by atoms with E-state index in [9.17, 15) is 24.0 Å². The van der Waals surface area contributed by atoms with Gasteiger partial charge in [0.2, 0.25) is 0 Å². The SMILES string of the molecule is CCOC(=O)C(=Cc1cccc2ccccc12)C(=O)OCC.CCOC(=O)C(C(=O)OCC)C(CC(C)=O)c1cccc2ccccc12. The van der Waals surface area contributed by atoms with Crippen LogP contribution in [0.4, 0.5) is 0 Å². The van der Waals surface area contributed by atoms with Crippen molar-refractivity contribution in [3.8, 4) is 0 Å². The number of fused-ring (bicyclic) bond motifs is 2. The van der Waals surface area contributed by atoms with E-state index in [1.54, 1.807) is 27.7 Å². The Hall–Kier alpha value is -5.31. The summed E-state index contributed by atoms with van der Waals surface area (Å²) in [6, 6.07) is 26.8. The molecule has 0 aliphatic heterocycles. The maximum Gasteiger partial charge on any atom is 0.345 e. The molecule has 1 unspecified atom stereocenters. The summed E-state index contributed by atoms with van der Waals surface area (Å²) < 4.78 is 20.1. The van der Waals surface area contributed by atoms with Gasteiger partial charge >= 0.3 is 23.9 Å². The van der Waals surface area contributed by atoms with Crippen LogP contribution in [0.2, 0.25) is 0 Å². The van der Waals surface area contributed by atoms with Crippen molar-refractivity contribution in [2.24, 2.45) is 5.92 Å². The second-order valence-electron chi connectivity index (χ2n) is 10.6. The Balaban J connectivity index is 0.000000264. The zero-order valence-electron chi connectivity index (χ0n) is 28.0. The minimum Gasteiger partial charge on any atom is -0.465 e. The molecular weight excluding hydrogens is 612 g/mol. The summed E-state index contributed by atoms with van der Waals surface area (Å²) in [4.78, 5) is 61.1. The number of rotatable bonds is 13. The number of esters is 4. The molecular formula is C39H42O9. The van der Waals surface area contributed by atoms with Crippen molar-refractivity contribution in [1.29, 1.82) is 0 Å². The van der Waals surface area contributed by atoms with Gasteiger partial charge in [-0.2, -0.15) is 0 Å². The molecule has 0 N–H and O–H groups in total. The van der Waals surface area contributed by atoms with Gasteiger partial charge in [-0.1, -0.05) is 84.9 Å². The van der Waals surface area contributed by atoms with Crippen molar-refractivity contribution >= 4 is 57.3 Å². The van der Waals surface area contributed by atoms with E-state index in [-0.39, 0.29) is 44.2 Å². The van der Waals surface area contributed by atoms with Crippen molar-refractivity contribution in [3.05, 3.63) is 102 Å². The molecule has 4 rings (SSSR count). The van der Waals surface area contributed by atoms with Crippen LogP contribution in [0.3, 0.4) is 0 Å². The molecule has 0 radical (unpaired) electrons. The summed E-state index contributed by atoms with van der Waals surface area (Å²) >= 11 is 0. The van der Waals surface area contributed by atoms with Crippen LogP contribution in [0.5, 0.6) is 0 Å². The van der Waals surface area contributed by atoms with E-state index in [0.29, 0.717) is 0 Å². The summed E-state index contributed by atoms with van der Waals surface area (Å²) in [5.74, 6) is -4.60. The molecule has 0 fully saturated rings. The number of hydrogen-bond acceptors (Lipinski definition) is 9. The predicted molar refractivity (Wildman–Crippen MR) is 184 cm³/mol. The van der Waals surface area contributed by atoms with Gasteiger partial charge in [0.1, 0.15) is 11.4 Å². The smallest absolute Gasteiger partial charge is 0.345 e. The summed E-state index contributed by atoms with van der Waals surface area (Å²) in [5, 5.41) is 3.87. The summed E-state index contributed by atoms with van der Waals surface area (Å²) in [5.41, 5.74) is 1.44. The van der Waals surface area contributed by atoms with E-state index < -0.39 is 35.7 Å². The summed E-state index contributed by atoms with van der Waals surface area (Å²) in [6.07, 6.45) is 1.58. The van der Waals surface area contributed by atoms with Crippen LogP contribution in [0.25, 0.3) is 27.6 Å². The molecule has 1 atom stereocenters. The van der Waals surface area contributed by atoms with Crippen LogP contribution in [0.1, 0.15) is 58.1 Å². The second kappa shape index (κ2) is 18.7. The number of hydrogen-bond donors (Lipinski definition) is 0. The number of ketones is 1. The molecule has 0 saturated heterocycles. The van der Waals surface area contributed by atoms with Crippen molar-refractivity contribution in [2.75, 3.05) is 26.4 Å².